The maximum Gasteiger partial charge on any atom is 0.253 e. The second-order valence-electron chi connectivity index (χ2n) is 19.9. The van der Waals surface area contributed by atoms with Gasteiger partial charge < -0.3 is 93.6 Å². The molecule has 3 fully saturated rings. The highest BCUT2D eigenvalue weighted by Gasteiger charge is 2.49. The molecule has 10 heterocycles. The second-order valence-corrected chi connectivity index (χ2v) is 19.9. The lowest BCUT2D eigenvalue weighted by Gasteiger charge is -2.24. The summed E-state index contributed by atoms with van der Waals surface area (Å²) in [5, 5.41) is 78.0. The van der Waals surface area contributed by atoms with Gasteiger partial charge in [-0.2, -0.15) is 0 Å². The number of hydrogen-bond acceptors (Lipinski definition) is 28. The molecule has 34 nitrogen and oxygen atoms in total. The molecule has 9 aromatic rings. The summed E-state index contributed by atoms with van der Waals surface area (Å²) in [7, 11) is 1.51. The molecule has 7 aromatic heterocycles. The highest BCUT2D eigenvalue weighted by molar-refractivity contribution is 5.95. The number of nitrogens with two attached hydrogens (primary N) is 4. The van der Waals surface area contributed by atoms with Gasteiger partial charge in [0.25, 0.3) is 11.8 Å². The van der Waals surface area contributed by atoms with E-state index in [2.05, 4.69) is 65.8 Å². The lowest BCUT2D eigenvalue weighted by atomic mass is 10.0. The first-order valence-corrected chi connectivity index (χ1v) is 26.6. The SMILES string of the molecule is COc1cccc(C(=O)NC2[C@@H](O)[C@@H](CO)O[C@H]2n2cnc3c(N)ncnc32)c1.Nc1ncnc2c1ncn2[C@@H]1O[C@H](CO)[C@H](O)C1NC(=O)C(N)Cc1ccc(O)cc1.Nc1ncnc2c1ncn2[C@@H]1O[C@H](CO)[C@H](O)C1NC(=O)c1cccnc1. The predicted octanol–water partition coefficient (Wildman–Crippen LogP) is -3.26. The number of pyridine rings is 1. The smallest absolute Gasteiger partial charge is 0.253 e. The number of anilines is 3. The van der Waals surface area contributed by atoms with E-state index in [0.29, 0.717) is 50.4 Å². The van der Waals surface area contributed by atoms with Gasteiger partial charge in [-0.05, 0) is 54.4 Å². The zero-order valence-corrected chi connectivity index (χ0v) is 45.8. The van der Waals surface area contributed by atoms with Crippen molar-refractivity contribution in [2.45, 2.75) is 85.9 Å². The molecule has 34 heteroatoms. The first-order valence-electron chi connectivity index (χ1n) is 26.6. The van der Waals surface area contributed by atoms with Crippen molar-refractivity contribution >= 4 is 68.7 Å². The van der Waals surface area contributed by atoms with Crippen LogP contribution in [0.4, 0.5) is 17.5 Å². The van der Waals surface area contributed by atoms with Crippen LogP contribution in [-0.4, -0.2) is 205 Å². The maximum atomic E-state index is 12.8. The van der Waals surface area contributed by atoms with Gasteiger partial charge in [-0.25, -0.2) is 44.9 Å². The number of rotatable bonds is 15. The molecule has 12 rings (SSSR count). The Kier molecular flexibility index (Phi) is 18.2. The number of carbonyl (C=O) groups is 3. The fourth-order valence-electron chi connectivity index (χ4n) is 10.0. The van der Waals surface area contributed by atoms with Crippen LogP contribution in [0.5, 0.6) is 11.5 Å². The van der Waals surface area contributed by atoms with Crippen molar-refractivity contribution in [3.63, 3.8) is 0 Å². The second kappa shape index (κ2) is 26.3. The molecule has 0 spiro atoms. The number of phenols is 1. The topological polar surface area (TPSA) is 514 Å². The van der Waals surface area contributed by atoms with Crippen molar-refractivity contribution in [2.24, 2.45) is 5.73 Å². The van der Waals surface area contributed by atoms with E-state index < -0.39 is 117 Å². The molecule has 3 amide bonds. The molecule has 3 saturated heterocycles. The average Bonchev–Trinajstić information content (AvgIpc) is 1.87. The number of carbonyl (C=O) groups excluding carboxylic acids is 3. The number of nitrogen functional groups attached to an aromatic ring is 3. The fraction of sp³-hybridized carbons (Fsp3) is 0.340. The van der Waals surface area contributed by atoms with Gasteiger partial charge in [0.2, 0.25) is 5.91 Å². The molecule has 87 heavy (non-hydrogen) atoms. The van der Waals surface area contributed by atoms with Crippen LogP contribution in [0.15, 0.2) is 111 Å². The zero-order chi connectivity index (χ0) is 61.6. The fourth-order valence-corrected chi connectivity index (χ4v) is 10.0. The Morgan fingerprint density at radius 2 is 1.01 bits per heavy atom. The number of amides is 3. The first-order chi connectivity index (χ1) is 42.0. The Bertz CT molecular complexity index is 3860. The van der Waals surface area contributed by atoms with Crippen molar-refractivity contribution < 1.29 is 69.1 Å². The Labute approximate surface area is 490 Å². The van der Waals surface area contributed by atoms with Gasteiger partial charge in [-0.15, -0.1) is 0 Å². The molecule has 13 atom stereocenters. The monoisotopic (exact) mass is 1200 g/mol. The summed E-state index contributed by atoms with van der Waals surface area (Å²) >= 11 is 0. The van der Waals surface area contributed by atoms with E-state index in [1.165, 1.54) is 68.0 Å². The number of ether oxygens (including phenoxy) is 4. The van der Waals surface area contributed by atoms with E-state index in [1.807, 2.05) is 0 Å². The van der Waals surface area contributed by atoms with E-state index in [4.69, 9.17) is 41.9 Å². The van der Waals surface area contributed by atoms with E-state index in [9.17, 15) is 50.1 Å². The summed E-state index contributed by atoms with van der Waals surface area (Å²) < 4.78 is 27.1. The third-order valence-electron chi connectivity index (χ3n) is 14.5. The molecule has 0 radical (unpaired) electrons. The number of phenolic OH excluding ortho intramolecular Hbond substituents is 1. The molecule has 0 saturated carbocycles. The van der Waals surface area contributed by atoms with Gasteiger partial charge in [0.05, 0.1) is 57.5 Å². The lowest BCUT2D eigenvalue weighted by molar-refractivity contribution is -0.124. The van der Waals surface area contributed by atoms with E-state index in [-0.39, 0.29) is 29.6 Å². The molecular formula is C53H60N20O14. The number of aromatic nitrogens is 13. The zero-order valence-electron chi connectivity index (χ0n) is 45.8. The Hall–Kier alpha value is -9.75. The first kappa shape index (κ1) is 60.4. The quantitative estimate of drug-likeness (QED) is 0.0479. The van der Waals surface area contributed by atoms with Gasteiger partial charge in [0.1, 0.15) is 102 Å². The van der Waals surface area contributed by atoms with Crippen LogP contribution >= 0.6 is 0 Å². The van der Waals surface area contributed by atoms with Crippen molar-refractivity contribution in [2.75, 3.05) is 44.1 Å². The number of aromatic hydroxyl groups is 1. The number of methoxy groups -OCH3 is 1. The molecule has 456 valence electrons. The number of fused-ring (bicyclic) bond motifs is 3. The summed E-state index contributed by atoms with van der Waals surface area (Å²) in [4.78, 5) is 78.7. The summed E-state index contributed by atoms with van der Waals surface area (Å²) in [5.74, 6) is -0.159. The highest BCUT2D eigenvalue weighted by Crippen LogP contribution is 2.35. The minimum atomic E-state index is -1.20. The Morgan fingerprint density at radius 1 is 0.586 bits per heavy atom. The van der Waals surface area contributed by atoms with Gasteiger partial charge in [-0.1, -0.05) is 18.2 Å². The Balaban J connectivity index is 0.000000145. The predicted molar refractivity (Wildman–Crippen MR) is 302 cm³/mol. The summed E-state index contributed by atoms with van der Waals surface area (Å²) in [6.07, 6.45) is 2.51. The van der Waals surface area contributed by atoms with Crippen molar-refractivity contribution in [1.82, 2.24) is 79.5 Å². The van der Waals surface area contributed by atoms with Gasteiger partial charge in [-0.3, -0.25) is 33.1 Å². The van der Waals surface area contributed by atoms with Crippen LogP contribution in [0.2, 0.25) is 0 Å². The molecule has 2 aromatic carbocycles. The summed E-state index contributed by atoms with van der Waals surface area (Å²) in [5.41, 5.74) is 27.2. The van der Waals surface area contributed by atoms with Crippen LogP contribution in [-0.2, 0) is 25.4 Å². The third-order valence-corrected chi connectivity index (χ3v) is 14.5. The summed E-state index contributed by atoms with van der Waals surface area (Å²) in [6, 6.07) is 12.6. The number of imidazole rings is 3. The lowest BCUT2D eigenvalue weighted by Crippen LogP contribution is -2.52. The molecule has 4 unspecified atom stereocenters. The molecule has 0 bridgehead atoms. The largest absolute Gasteiger partial charge is 0.508 e. The van der Waals surface area contributed by atoms with E-state index in [1.54, 1.807) is 63.9 Å². The number of aliphatic hydroxyl groups is 6. The van der Waals surface area contributed by atoms with E-state index >= 15 is 0 Å². The number of nitrogens with one attached hydrogen (secondary N) is 3. The summed E-state index contributed by atoms with van der Waals surface area (Å²) in [6.45, 7) is -1.29. The number of aliphatic hydroxyl groups excluding tert-OH is 6. The molecule has 18 N–H and O–H groups in total. The van der Waals surface area contributed by atoms with Crippen LogP contribution in [0.25, 0.3) is 33.5 Å². The molecule has 0 aliphatic carbocycles. The minimum Gasteiger partial charge on any atom is -0.508 e. The standard InChI is InChI=1S/C19H23N7O5.C18H20N6O5.C16H17N7O4/c20-11(5-9-1-3-10(28)4-2-9)18(30)25-13-15(29)12(6-27)31-19(13)26-8-24-14-16(21)22-7-23-17(14)26;1-28-10-4-2-3-9(5-10)17(27)23-12-14(26)11(6-25)29-18(12)24-8-22-13-15(19)20-7-21-16(13)24;17-13-11-14(20-6-19-13)23(7-21-11)16-10(12(25)9(5-24)27-16)22-15(26)8-2-1-3-18-4-8/h1-4,7-8,11-13,15,19,27-29H,5-6,20H2,(H,25,30)(H2,21,22,23);2-5,7-8,11-12,14,18,25-26H,6H2,1H3,(H,23,27)(H2,19,20,21);1-4,6-7,9-10,12,16,24-25H,5H2,(H,22,26)(H2,17,19,20)/t11?,12-,13?,15+,19-;11-,12?,14+,18-;9-,10?,12+,16-/m111/s1. The minimum absolute atomic E-state index is 0.114. The molecular weight excluding hydrogens is 1140 g/mol. The van der Waals surface area contributed by atoms with Crippen molar-refractivity contribution in [3.05, 3.63) is 128 Å². The third kappa shape index (κ3) is 12.5. The van der Waals surface area contributed by atoms with Crippen LogP contribution in [0.1, 0.15) is 45.0 Å². The van der Waals surface area contributed by atoms with Gasteiger partial charge >= 0.3 is 0 Å². The normalized spacial score (nSPS) is 24.4. The average molecular weight is 1200 g/mol. The van der Waals surface area contributed by atoms with Crippen LogP contribution in [0, 0.1) is 0 Å². The maximum absolute atomic E-state index is 12.8. The van der Waals surface area contributed by atoms with Crippen LogP contribution in [0.3, 0.4) is 0 Å². The van der Waals surface area contributed by atoms with Gasteiger partial charge in [0.15, 0.2) is 53.1 Å². The number of benzene rings is 2. The van der Waals surface area contributed by atoms with E-state index in [0.717, 1.165) is 5.56 Å². The molecule has 3 aliphatic heterocycles. The van der Waals surface area contributed by atoms with Crippen molar-refractivity contribution in [1.29, 1.82) is 0 Å². The van der Waals surface area contributed by atoms with Crippen molar-refractivity contribution in [3.8, 4) is 11.5 Å². The highest BCUT2D eigenvalue weighted by atomic mass is 16.6. The van der Waals surface area contributed by atoms with Crippen LogP contribution < -0.4 is 43.6 Å². The van der Waals surface area contributed by atoms with Gasteiger partial charge in [0, 0.05) is 18.0 Å². The Morgan fingerprint density at radius 3 is 1.43 bits per heavy atom. The number of nitrogens with zero attached hydrogens (tertiary/aromatic N) is 13. The molecule has 3 aliphatic rings. The number of hydrogen-bond donors (Lipinski definition) is 14.